The Labute approximate surface area is 225 Å². The Morgan fingerprint density at radius 3 is 2.62 bits per heavy atom. The lowest BCUT2D eigenvalue weighted by Gasteiger charge is -2.13. The number of carbonyl (C=O) groups excluding carboxylic acids is 1. The second kappa shape index (κ2) is 10.3. The van der Waals surface area contributed by atoms with Crippen LogP contribution < -0.4 is 5.32 Å². The summed E-state index contributed by atoms with van der Waals surface area (Å²) in [6, 6.07) is 19.8. The van der Waals surface area contributed by atoms with E-state index in [0.717, 1.165) is 16.8 Å². The van der Waals surface area contributed by atoms with Gasteiger partial charge in [-0.3, -0.25) is 19.4 Å². The zero-order chi connectivity index (χ0) is 26.8. The van der Waals surface area contributed by atoms with E-state index in [1.54, 1.807) is 53.8 Å². The van der Waals surface area contributed by atoms with Gasteiger partial charge in [0.25, 0.3) is 5.91 Å². The van der Waals surface area contributed by atoms with Crippen LogP contribution in [-0.4, -0.2) is 45.6 Å². The van der Waals surface area contributed by atoms with E-state index in [4.69, 9.17) is 9.52 Å². The lowest BCUT2D eigenvalue weighted by Crippen LogP contribution is -2.14. The Kier molecular flexibility index (Phi) is 6.54. The van der Waals surface area contributed by atoms with Crippen LogP contribution in [0.1, 0.15) is 33.9 Å². The van der Waals surface area contributed by atoms with Gasteiger partial charge in [-0.15, -0.1) is 0 Å². The normalized spacial score (nSPS) is 16.3. The van der Waals surface area contributed by atoms with E-state index in [1.165, 1.54) is 0 Å². The zero-order valence-corrected chi connectivity index (χ0v) is 21.7. The second-order valence-corrected chi connectivity index (χ2v) is 11.7. The summed E-state index contributed by atoms with van der Waals surface area (Å²) in [6.07, 6.45) is 7.44. The first-order valence-corrected chi connectivity index (χ1v) is 14.4. The number of carbonyl (C=O) groups is 1. The van der Waals surface area contributed by atoms with E-state index in [-0.39, 0.29) is 23.5 Å². The minimum absolute atomic E-state index is 0.0220. The number of nitrogens with one attached hydrogen (secondary N) is 1. The van der Waals surface area contributed by atoms with Crippen LogP contribution in [0.2, 0.25) is 0 Å². The third-order valence-electron chi connectivity index (χ3n) is 6.73. The van der Waals surface area contributed by atoms with Crippen LogP contribution in [0.5, 0.6) is 0 Å². The van der Waals surface area contributed by atoms with Crippen LogP contribution in [0.25, 0.3) is 22.8 Å². The van der Waals surface area contributed by atoms with E-state index in [0.29, 0.717) is 41.2 Å². The molecular weight excluding hydrogens is 514 g/mol. The average molecular weight is 540 g/mol. The Bertz CT molecular complexity index is 1720. The average Bonchev–Trinajstić information content (AvgIpc) is 3.69. The Morgan fingerprint density at radius 2 is 1.90 bits per heavy atom. The molecule has 5 heterocycles. The molecule has 5 aromatic rings. The van der Waals surface area contributed by atoms with E-state index < -0.39 is 9.84 Å². The van der Waals surface area contributed by atoms with Crippen molar-refractivity contribution in [3.63, 3.8) is 0 Å². The summed E-state index contributed by atoms with van der Waals surface area (Å²) in [7, 11) is -3.15. The molecule has 9 nitrogen and oxygen atoms in total. The number of rotatable bonds is 7. The van der Waals surface area contributed by atoms with Gasteiger partial charge < -0.3 is 9.73 Å². The van der Waals surface area contributed by atoms with Crippen LogP contribution in [0.3, 0.4) is 0 Å². The molecule has 0 radical (unpaired) electrons. The molecule has 1 aliphatic heterocycles. The summed E-state index contributed by atoms with van der Waals surface area (Å²) < 4.78 is 32.4. The van der Waals surface area contributed by atoms with Crippen molar-refractivity contribution in [2.75, 3.05) is 16.8 Å². The quantitative estimate of drug-likeness (QED) is 0.315. The van der Waals surface area contributed by atoms with Crippen molar-refractivity contribution < 1.29 is 17.6 Å². The van der Waals surface area contributed by atoms with E-state index >= 15 is 0 Å². The van der Waals surface area contributed by atoms with Gasteiger partial charge >= 0.3 is 0 Å². The predicted octanol–water partition coefficient (Wildman–Crippen LogP) is 4.80. The van der Waals surface area contributed by atoms with Crippen LogP contribution in [0.15, 0.2) is 96.0 Å². The molecule has 39 heavy (non-hydrogen) atoms. The first-order valence-electron chi connectivity index (χ1n) is 12.5. The third-order valence-corrected chi connectivity index (χ3v) is 8.48. The number of aromatic nitrogens is 4. The fourth-order valence-electron chi connectivity index (χ4n) is 4.92. The monoisotopic (exact) mass is 539 g/mol. The highest BCUT2D eigenvalue weighted by Gasteiger charge is 2.34. The Hall–Kier alpha value is -4.57. The van der Waals surface area contributed by atoms with Crippen LogP contribution in [0.4, 0.5) is 5.69 Å². The van der Waals surface area contributed by atoms with Gasteiger partial charge in [0.15, 0.2) is 15.6 Å². The molecular formula is C29H25N5O4S. The number of furan rings is 1. The van der Waals surface area contributed by atoms with Gasteiger partial charge in [-0.2, -0.15) is 5.10 Å². The molecule has 1 aliphatic rings. The number of nitrogens with zero attached hydrogens (tertiary/aromatic N) is 4. The number of hydrogen-bond donors (Lipinski definition) is 1. The molecule has 0 saturated carbocycles. The van der Waals surface area contributed by atoms with Gasteiger partial charge in [-0.05, 0) is 60.5 Å². The first-order chi connectivity index (χ1) is 19.0. The third kappa shape index (κ3) is 5.23. The van der Waals surface area contributed by atoms with Gasteiger partial charge in [0.05, 0.1) is 29.5 Å². The fraction of sp³-hybridized carbons (Fsp3) is 0.172. The number of amides is 1. The molecule has 1 fully saturated rings. The summed E-state index contributed by atoms with van der Waals surface area (Å²) >= 11 is 0. The molecule has 0 bridgehead atoms. The van der Waals surface area contributed by atoms with Crippen LogP contribution in [-0.2, 0) is 16.3 Å². The zero-order valence-electron chi connectivity index (χ0n) is 20.9. The highest BCUT2D eigenvalue weighted by molar-refractivity contribution is 7.91. The summed E-state index contributed by atoms with van der Waals surface area (Å²) in [4.78, 5) is 21.5. The van der Waals surface area contributed by atoms with Crippen molar-refractivity contribution in [2.45, 2.75) is 18.9 Å². The predicted molar refractivity (Wildman–Crippen MR) is 147 cm³/mol. The van der Waals surface area contributed by atoms with Crippen molar-refractivity contribution in [1.29, 1.82) is 0 Å². The highest BCUT2D eigenvalue weighted by atomic mass is 32.2. The molecule has 196 valence electrons. The molecule has 10 heteroatoms. The number of pyridine rings is 2. The number of benzene rings is 1. The summed E-state index contributed by atoms with van der Waals surface area (Å²) in [6.45, 7) is 0. The minimum Gasteiger partial charge on any atom is -0.463 e. The molecule has 1 atom stereocenters. The van der Waals surface area contributed by atoms with Gasteiger partial charge in [-0.1, -0.05) is 18.2 Å². The maximum atomic E-state index is 13.0. The molecule has 6 rings (SSSR count). The topological polar surface area (TPSA) is 120 Å². The minimum atomic E-state index is -3.15. The first kappa shape index (κ1) is 24.7. The maximum Gasteiger partial charge on any atom is 0.255 e. The molecule has 1 saturated heterocycles. The standard InChI is InChI=1S/C29H25N5O4S/c35-29(32-22-9-13-30-14-10-22)21-6-3-5-20(17-21)18-24-27(25-7-1-2-12-31-25)33-34(23-11-16-39(36,37)19-23)28(24)26-8-4-15-38-26/h1-10,12-15,17,23H,11,16,18-19H2,(H,30,32,35). The van der Waals surface area contributed by atoms with Crippen LogP contribution >= 0.6 is 0 Å². The van der Waals surface area contributed by atoms with Gasteiger partial charge in [-0.25, -0.2) is 8.42 Å². The van der Waals surface area contributed by atoms with Crippen molar-refractivity contribution in [3.8, 4) is 22.8 Å². The molecule has 4 aromatic heterocycles. The largest absolute Gasteiger partial charge is 0.463 e. The fourth-order valence-corrected chi connectivity index (χ4v) is 6.61. The van der Waals surface area contributed by atoms with Crippen molar-refractivity contribution in [3.05, 3.63) is 108 Å². The van der Waals surface area contributed by atoms with Gasteiger partial charge in [0.1, 0.15) is 11.4 Å². The van der Waals surface area contributed by atoms with Crippen molar-refractivity contribution in [2.24, 2.45) is 0 Å². The smallest absolute Gasteiger partial charge is 0.255 e. The summed E-state index contributed by atoms with van der Waals surface area (Å²) in [5.74, 6) is 0.508. The van der Waals surface area contributed by atoms with E-state index in [2.05, 4.69) is 15.3 Å². The number of sulfone groups is 1. The van der Waals surface area contributed by atoms with Crippen molar-refractivity contribution in [1.82, 2.24) is 19.7 Å². The second-order valence-electron chi connectivity index (χ2n) is 9.44. The molecule has 1 unspecified atom stereocenters. The molecule has 0 aliphatic carbocycles. The van der Waals surface area contributed by atoms with E-state index in [1.807, 2.05) is 42.5 Å². The van der Waals surface area contributed by atoms with Gasteiger partial charge in [0.2, 0.25) is 0 Å². The highest BCUT2D eigenvalue weighted by Crippen LogP contribution is 2.38. The van der Waals surface area contributed by atoms with Crippen LogP contribution in [0, 0.1) is 0 Å². The SMILES string of the molecule is O=C(Nc1ccncc1)c1cccc(Cc2c(-c3ccccn3)nn(C3CCS(=O)(=O)C3)c2-c2ccco2)c1. The number of hydrogen-bond acceptors (Lipinski definition) is 7. The molecule has 1 amide bonds. The lowest BCUT2D eigenvalue weighted by atomic mass is 9.98. The maximum absolute atomic E-state index is 13.0. The molecule has 1 aromatic carbocycles. The Balaban J connectivity index is 1.43. The Morgan fingerprint density at radius 1 is 1.03 bits per heavy atom. The molecule has 1 N–H and O–H groups in total. The molecule has 0 spiro atoms. The summed E-state index contributed by atoms with van der Waals surface area (Å²) in [5, 5.41) is 7.83. The number of anilines is 1. The van der Waals surface area contributed by atoms with Gasteiger partial charge in [0, 0.05) is 41.8 Å². The lowest BCUT2D eigenvalue weighted by molar-refractivity contribution is 0.102. The van der Waals surface area contributed by atoms with Crippen molar-refractivity contribution >= 4 is 21.4 Å². The van der Waals surface area contributed by atoms with E-state index in [9.17, 15) is 13.2 Å². The summed E-state index contributed by atoms with van der Waals surface area (Å²) in [5.41, 5.74) is 4.95.